The summed E-state index contributed by atoms with van der Waals surface area (Å²) < 4.78 is 1.03. The van der Waals surface area contributed by atoms with Crippen LogP contribution in [-0.4, -0.2) is 12.5 Å². The lowest BCUT2D eigenvalue weighted by Gasteiger charge is -1.96. The number of carbonyl (C=O) groups is 1. The summed E-state index contributed by atoms with van der Waals surface area (Å²) in [5, 5.41) is 2.75. The van der Waals surface area contributed by atoms with Gasteiger partial charge in [0.15, 0.2) is 0 Å². The molecule has 1 N–H and O–H groups in total. The van der Waals surface area contributed by atoms with Gasteiger partial charge in [-0.15, -0.1) is 11.3 Å². The third kappa shape index (κ3) is 2.08. The standard InChI is InChI=1S/C8H10BrNOS/c1-3-10-8(11)6-4-5(2)7(9)12-6/h4H,3H2,1-2H3,(H,10,11). The zero-order valence-electron chi connectivity index (χ0n) is 6.98. The predicted molar refractivity (Wildman–Crippen MR) is 54.8 cm³/mol. The fourth-order valence-corrected chi connectivity index (χ4v) is 2.27. The summed E-state index contributed by atoms with van der Waals surface area (Å²) in [6, 6.07) is 1.89. The summed E-state index contributed by atoms with van der Waals surface area (Å²) in [5.74, 6) is 0.0105. The highest BCUT2D eigenvalue weighted by atomic mass is 79.9. The molecule has 1 aromatic heterocycles. The van der Waals surface area contributed by atoms with Crippen LogP contribution in [0.1, 0.15) is 22.2 Å². The van der Waals surface area contributed by atoms with Crippen molar-refractivity contribution in [2.45, 2.75) is 13.8 Å². The molecule has 0 radical (unpaired) electrons. The molecule has 0 bridgehead atoms. The Hall–Kier alpha value is -0.350. The molecule has 4 heteroatoms. The number of aryl methyl sites for hydroxylation is 1. The number of carbonyl (C=O) groups excluding carboxylic acids is 1. The van der Waals surface area contributed by atoms with Gasteiger partial charge in [-0.05, 0) is 41.4 Å². The maximum absolute atomic E-state index is 11.3. The molecular weight excluding hydrogens is 238 g/mol. The van der Waals surface area contributed by atoms with E-state index in [9.17, 15) is 4.79 Å². The molecule has 0 aromatic carbocycles. The van der Waals surface area contributed by atoms with E-state index in [1.54, 1.807) is 0 Å². The fourth-order valence-electron chi connectivity index (χ4n) is 0.819. The van der Waals surface area contributed by atoms with E-state index in [-0.39, 0.29) is 5.91 Å². The maximum atomic E-state index is 11.3. The van der Waals surface area contributed by atoms with Gasteiger partial charge in [0.2, 0.25) is 0 Å². The molecule has 0 saturated heterocycles. The van der Waals surface area contributed by atoms with Crippen molar-refractivity contribution in [1.29, 1.82) is 0 Å². The largest absolute Gasteiger partial charge is 0.352 e. The van der Waals surface area contributed by atoms with Crippen LogP contribution >= 0.6 is 27.3 Å². The molecule has 0 aliphatic rings. The van der Waals surface area contributed by atoms with E-state index in [2.05, 4.69) is 21.2 Å². The summed E-state index contributed by atoms with van der Waals surface area (Å²) in [6.07, 6.45) is 0. The van der Waals surface area contributed by atoms with Crippen LogP contribution in [0.4, 0.5) is 0 Å². The van der Waals surface area contributed by atoms with Crippen LogP contribution in [-0.2, 0) is 0 Å². The molecule has 0 aliphatic carbocycles. The van der Waals surface area contributed by atoms with Gasteiger partial charge in [0.25, 0.3) is 5.91 Å². The van der Waals surface area contributed by atoms with Crippen LogP contribution in [0.2, 0.25) is 0 Å². The van der Waals surface area contributed by atoms with Crippen LogP contribution in [0.5, 0.6) is 0 Å². The van der Waals surface area contributed by atoms with E-state index in [4.69, 9.17) is 0 Å². The maximum Gasteiger partial charge on any atom is 0.261 e. The Morgan fingerprint density at radius 1 is 1.75 bits per heavy atom. The van der Waals surface area contributed by atoms with E-state index in [0.717, 1.165) is 14.2 Å². The van der Waals surface area contributed by atoms with Crippen LogP contribution in [0.3, 0.4) is 0 Å². The molecule has 1 rings (SSSR count). The highest BCUT2D eigenvalue weighted by Crippen LogP contribution is 2.26. The van der Waals surface area contributed by atoms with Crippen molar-refractivity contribution in [3.8, 4) is 0 Å². The van der Waals surface area contributed by atoms with Gasteiger partial charge in [-0.1, -0.05) is 0 Å². The molecule has 2 nitrogen and oxygen atoms in total. The first-order valence-electron chi connectivity index (χ1n) is 3.69. The van der Waals surface area contributed by atoms with Crippen molar-refractivity contribution in [2.75, 3.05) is 6.54 Å². The van der Waals surface area contributed by atoms with Crippen molar-refractivity contribution >= 4 is 33.2 Å². The second-order valence-electron chi connectivity index (χ2n) is 2.43. The Kier molecular flexibility index (Phi) is 3.29. The average Bonchev–Trinajstić information content (AvgIpc) is 2.33. The van der Waals surface area contributed by atoms with Gasteiger partial charge >= 0.3 is 0 Å². The highest BCUT2D eigenvalue weighted by Gasteiger charge is 2.09. The minimum Gasteiger partial charge on any atom is -0.352 e. The molecule has 0 saturated carbocycles. The first-order chi connectivity index (χ1) is 5.65. The number of amides is 1. The van der Waals surface area contributed by atoms with Crippen LogP contribution in [0, 0.1) is 6.92 Å². The molecule has 0 spiro atoms. The monoisotopic (exact) mass is 247 g/mol. The quantitative estimate of drug-likeness (QED) is 0.856. The average molecular weight is 248 g/mol. The highest BCUT2D eigenvalue weighted by molar-refractivity contribution is 9.11. The molecule has 1 aromatic rings. The topological polar surface area (TPSA) is 29.1 Å². The number of nitrogens with one attached hydrogen (secondary N) is 1. The van der Waals surface area contributed by atoms with Crippen molar-refractivity contribution in [3.05, 3.63) is 20.3 Å². The van der Waals surface area contributed by atoms with Crippen molar-refractivity contribution in [3.63, 3.8) is 0 Å². The van der Waals surface area contributed by atoms with Crippen LogP contribution in [0.25, 0.3) is 0 Å². The lowest BCUT2D eigenvalue weighted by molar-refractivity contribution is 0.0960. The van der Waals surface area contributed by atoms with Crippen molar-refractivity contribution in [2.24, 2.45) is 0 Å². The number of hydrogen-bond acceptors (Lipinski definition) is 2. The Morgan fingerprint density at radius 2 is 2.42 bits per heavy atom. The lowest BCUT2D eigenvalue weighted by atomic mass is 10.3. The SMILES string of the molecule is CCNC(=O)c1cc(C)c(Br)s1. The second-order valence-corrected chi connectivity index (χ2v) is 4.80. The van der Waals surface area contributed by atoms with E-state index >= 15 is 0 Å². The normalized spacial score (nSPS) is 9.92. The number of thiophene rings is 1. The minimum atomic E-state index is 0.0105. The Morgan fingerprint density at radius 3 is 2.83 bits per heavy atom. The molecule has 1 heterocycles. The first-order valence-corrected chi connectivity index (χ1v) is 5.30. The smallest absolute Gasteiger partial charge is 0.261 e. The lowest BCUT2D eigenvalue weighted by Crippen LogP contribution is -2.21. The zero-order chi connectivity index (χ0) is 9.14. The fraction of sp³-hybridized carbons (Fsp3) is 0.375. The number of hydrogen-bond donors (Lipinski definition) is 1. The molecule has 12 heavy (non-hydrogen) atoms. The van der Waals surface area contributed by atoms with E-state index in [1.807, 2.05) is 19.9 Å². The van der Waals surface area contributed by atoms with Gasteiger partial charge in [-0.2, -0.15) is 0 Å². The number of rotatable bonds is 2. The summed E-state index contributed by atoms with van der Waals surface area (Å²) in [4.78, 5) is 12.1. The van der Waals surface area contributed by atoms with Gasteiger partial charge in [-0.25, -0.2) is 0 Å². The van der Waals surface area contributed by atoms with Gasteiger partial charge in [0.05, 0.1) is 8.66 Å². The van der Waals surface area contributed by atoms with Crippen molar-refractivity contribution in [1.82, 2.24) is 5.32 Å². The molecule has 0 aliphatic heterocycles. The Balaban J connectivity index is 2.82. The van der Waals surface area contributed by atoms with E-state index < -0.39 is 0 Å². The van der Waals surface area contributed by atoms with Crippen molar-refractivity contribution < 1.29 is 4.79 Å². The number of halogens is 1. The second kappa shape index (κ2) is 4.05. The van der Waals surface area contributed by atoms with Gasteiger partial charge in [0, 0.05) is 6.54 Å². The molecule has 0 atom stereocenters. The van der Waals surface area contributed by atoms with E-state index in [1.165, 1.54) is 11.3 Å². The Labute approximate surface area is 84.1 Å². The minimum absolute atomic E-state index is 0.0105. The summed E-state index contributed by atoms with van der Waals surface area (Å²) in [7, 11) is 0. The zero-order valence-corrected chi connectivity index (χ0v) is 9.38. The summed E-state index contributed by atoms with van der Waals surface area (Å²) >= 11 is 4.84. The third-order valence-corrected chi connectivity index (χ3v) is 3.55. The van der Waals surface area contributed by atoms with Gasteiger partial charge < -0.3 is 5.32 Å². The van der Waals surface area contributed by atoms with Crippen LogP contribution < -0.4 is 5.32 Å². The summed E-state index contributed by atoms with van der Waals surface area (Å²) in [6.45, 7) is 4.56. The first kappa shape index (κ1) is 9.74. The van der Waals surface area contributed by atoms with Crippen LogP contribution in [0.15, 0.2) is 9.85 Å². The molecule has 0 unspecified atom stereocenters. The van der Waals surface area contributed by atoms with Gasteiger partial charge in [0.1, 0.15) is 0 Å². The Bertz CT molecular complexity index is 276. The predicted octanol–water partition coefficient (Wildman–Crippen LogP) is 2.57. The summed E-state index contributed by atoms with van der Waals surface area (Å²) in [5.41, 5.74) is 1.11. The van der Waals surface area contributed by atoms with E-state index in [0.29, 0.717) is 6.54 Å². The third-order valence-electron chi connectivity index (χ3n) is 1.42. The van der Waals surface area contributed by atoms with Gasteiger partial charge in [-0.3, -0.25) is 4.79 Å². The molecule has 0 fully saturated rings. The molecule has 66 valence electrons. The molecular formula is C8H10BrNOS. The molecule has 1 amide bonds.